The van der Waals surface area contributed by atoms with Gasteiger partial charge >= 0.3 is 0 Å². The van der Waals surface area contributed by atoms with Crippen molar-refractivity contribution in [2.24, 2.45) is 0 Å². The van der Waals surface area contributed by atoms with Crippen LogP contribution in [0.1, 0.15) is 0 Å². The first-order chi connectivity index (χ1) is 22.3. The zero-order valence-corrected chi connectivity index (χ0v) is 25.3. The van der Waals surface area contributed by atoms with E-state index in [1.807, 2.05) is 0 Å². The fourth-order valence-corrected chi connectivity index (χ4v) is 11.9. The van der Waals surface area contributed by atoms with Gasteiger partial charge in [-0.15, -0.1) is 0 Å². The van der Waals surface area contributed by atoms with Crippen LogP contribution >= 0.6 is 0 Å². The van der Waals surface area contributed by atoms with Crippen LogP contribution in [0.3, 0.4) is 0 Å². The minimum Gasteiger partial charge on any atom is -0.450 e. The third-order valence-electron chi connectivity index (χ3n) is 9.08. The summed E-state index contributed by atoms with van der Waals surface area (Å²) < 4.78 is 8.86. The van der Waals surface area contributed by atoms with Gasteiger partial charge in [0, 0.05) is 16.2 Å². The molecule has 9 rings (SSSR count). The van der Waals surface area contributed by atoms with Crippen LogP contribution in [-0.2, 0) is 0 Å². The SMILES string of the molecule is c1ccc([Si](c2ccccc2)(c2ccccc2)c2ccc3oc4c(-n5c6ccccc6c6ccccc65)ncnc4c3c2)cc1. The van der Waals surface area contributed by atoms with Crippen LogP contribution in [0.4, 0.5) is 0 Å². The Morgan fingerprint density at radius 1 is 0.467 bits per heavy atom. The Kier molecular flexibility index (Phi) is 5.79. The smallest absolute Gasteiger partial charge is 0.197 e. The minimum atomic E-state index is -2.71. The van der Waals surface area contributed by atoms with Crippen LogP contribution < -0.4 is 20.7 Å². The highest BCUT2D eigenvalue weighted by Crippen LogP contribution is 2.36. The van der Waals surface area contributed by atoms with E-state index in [0.29, 0.717) is 5.58 Å². The first-order valence-electron chi connectivity index (χ1n) is 15.2. The van der Waals surface area contributed by atoms with Crippen LogP contribution in [0, 0.1) is 0 Å². The molecule has 3 aromatic heterocycles. The second-order valence-electron chi connectivity index (χ2n) is 11.4. The van der Waals surface area contributed by atoms with Gasteiger partial charge in [-0.3, -0.25) is 4.57 Å². The van der Waals surface area contributed by atoms with E-state index in [-0.39, 0.29) is 0 Å². The quantitative estimate of drug-likeness (QED) is 0.162. The Bertz CT molecular complexity index is 2340. The second kappa shape index (κ2) is 10.1. The number of furan rings is 1. The molecule has 0 saturated carbocycles. The first-order valence-corrected chi connectivity index (χ1v) is 17.2. The lowest BCUT2D eigenvalue weighted by Crippen LogP contribution is -2.74. The fourth-order valence-electron chi connectivity index (χ4n) is 7.17. The van der Waals surface area contributed by atoms with E-state index in [2.05, 4.69) is 162 Å². The molecule has 0 aliphatic carbocycles. The summed E-state index contributed by atoms with van der Waals surface area (Å²) in [5.74, 6) is 0.743. The van der Waals surface area contributed by atoms with Gasteiger partial charge in [0.05, 0.1) is 11.0 Å². The first kappa shape index (κ1) is 25.7. The van der Waals surface area contributed by atoms with Gasteiger partial charge in [-0.05, 0) is 45.0 Å². The van der Waals surface area contributed by atoms with E-state index in [1.54, 1.807) is 6.33 Å². The minimum absolute atomic E-state index is 0.683. The topological polar surface area (TPSA) is 43.9 Å². The number of nitrogens with zero attached hydrogens (tertiary/aromatic N) is 3. The molecule has 9 aromatic rings. The molecule has 0 aliphatic heterocycles. The van der Waals surface area contributed by atoms with Crippen LogP contribution in [0.25, 0.3) is 49.7 Å². The Hall–Kier alpha value is -5.78. The lowest BCUT2D eigenvalue weighted by molar-refractivity contribution is 0.662. The molecule has 0 N–H and O–H groups in total. The largest absolute Gasteiger partial charge is 0.450 e. The molecule has 45 heavy (non-hydrogen) atoms. The third-order valence-corrected chi connectivity index (χ3v) is 13.9. The van der Waals surface area contributed by atoms with Crippen molar-refractivity contribution in [1.29, 1.82) is 0 Å². The maximum atomic E-state index is 6.66. The molecule has 4 nitrogen and oxygen atoms in total. The maximum absolute atomic E-state index is 6.66. The van der Waals surface area contributed by atoms with Crippen molar-refractivity contribution in [2.45, 2.75) is 0 Å². The number of benzene rings is 6. The van der Waals surface area contributed by atoms with Gasteiger partial charge in [0.15, 0.2) is 19.5 Å². The van der Waals surface area contributed by atoms with E-state index in [1.165, 1.54) is 31.5 Å². The zero-order valence-electron chi connectivity index (χ0n) is 24.3. The summed E-state index contributed by atoms with van der Waals surface area (Å²) in [6.07, 6.45) is 1.67. The number of aromatic nitrogens is 3. The van der Waals surface area contributed by atoms with Crippen LogP contribution in [0.2, 0.25) is 0 Å². The number of para-hydroxylation sites is 2. The molecular formula is C40H27N3OSi. The molecular weight excluding hydrogens is 567 g/mol. The Balaban J connectivity index is 1.35. The second-order valence-corrected chi connectivity index (χ2v) is 15.2. The number of hydrogen-bond donors (Lipinski definition) is 0. The van der Waals surface area contributed by atoms with Gasteiger partial charge in [-0.25, -0.2) is 9.97 Å². The molecule has 5 heteroatoms. The molecule has 6 aromatic carbocycles. The normalized spacial score (nSPS) is 12.0. The highest BCUT2D eigenvalue weighted by atomic mass is 28.3. The Labute approximate surface area is 260 Å². The molecule has 0 atom stereocenters. The van der Waals surface area contributed by atoms with Gasteiger partial charge in [0.1, 0.15) is 17.4 Å². The molecule has 0 saturated heterocycles. The van der Waals surface area contributed by atoms with Crippen LogP contribution in [0.15, 0.2) is 168 Å². The van der Waals surface area contributed by atoms with Crippen molar-refractivity contribution in [2.75, 3.05) is 0 Å². The van der Waals surface area contributed by atoms with Gasteiger partial charge in [-0.2, -0.15) is 0 Å². The zero-order chi connectivity index (χ0) is 29.8. The molecule has 0 spiro atoms. The lowest BCUT2D eigenvalue weighted by Gasteiger charge is -2.34. The third kappa shape index (κ3) is 3.78. The summed E-state index contributed by atoms with van der Waals surface area (Å²) in [4.78, 5) is 9.66. The summed E-state index contributed by atoms with van der Waals surface area (Å²) >= 11 is 0. The standard InChI is InChI=1S/C40H27N3OSi/c1-4-14-28(15-5-1)45(29-16-6-2-7-17-29,30-18-8-3-9-19-30)31-24-25-37-34(26-31)38-39(44-37)40(42-27-41-38)43-35-22-12-10-20-32(35)33-21-11-13-23-36(33)43/h1-27H. The predicted octanol–water partition coefficient (Wildman–Crippen LogP) is 6.85. The molecule has 0 radical (unpaired) electrons. The van der Waals surface area contributed by atoms with Crippen LogP contribution in [-0.4, -0.2) is 22.6 Å². The van der Waals surface area contributed by atoms with E-state index < -0.39 is 8.07 Å². The Morgan fingerprint density at radius 2 is 0.978 bits per heavy atom. The molecule has 0 amide bonds. The fraction of sp³-hybridized carbons (Fsp3) is 0. The van der Waals surface area contributed by atoms with Crippen LogP contribution in [0.5, 0.6) is 0 Å². The van der Waals surface area contributed by atoms with Crippen molar-refractivity contribution in [1.82, 2.24) is 14.5 Å². The number of rotatable bonds is 5. The Morgan fingerprint density at radius 3 is 1.53 bits per heavy atom. The van der Waals surface area contributed by atoms with Crippen molar-refractivity contribution < 1.29 is 4.42 Å². The van der Waals surface area contributed by atoms with E-state index in [0.717, 1.165) is 33.3 Å². The summed E-state index contributed by atoms with van der Waals surface area (Å²) in [6.45, 7) is 0. The molecule has 0 fully saturated rings. The molecule has 0 unspecified atom stereocenters. The van der Waals surface area contributed by atoms with Gasteiger partial charge in [-0.1, -0.05) is 133 Å². The summed E-state index contributed by atoms with van der Waals surface area (Å²) in [5, 5.41) is 8.62. The van der Waals surface area contributed by atoms with Gasteiger partial charge in [0.2, 0.25) is 0 Å². The van der Waals surface area contributed by atoms with Crippen molar-refractivity contribution >= 4 is 72.7 Å². The highest BCUT2D eigenvalue weighted by Gasteiger charge is 2.41. The van der Waals surface area contributed by atoms with Gasteiger partial charge in [0.25, 0.3) is 0 Å². The van der Waals surface area contributed by atoms with Gasteiger partial charge < -0.3 is 4.42 Å². The predicted molar refractivity (Wildman–Crippen MR) is 187 cm³/mol. The number of fused-ring (bicyclic) bond motifs is 6. The van der Waals surface area contributed by atoms with Crippen molar-refractivity contribution in [3.8, 4) is 5.82 Å². The average Bonchev–Trinajstić information content (AvgIpc) is 3.66. The highest BCUT2D eigenvalue weighted by molar-refractivity contribution is 7.20. The molecule has 0 aliphatic rings. The monoisotopic (exact) mass is 593 g/mol. The summed E-state index contributed by atoms with van der Waals surface area (Å²) in [6, 6.07) is 56.5. The average molecular weight is 594 g/mol. The lowest BCUT2D eigenvalue weighted by atomic mass is 10.2. The van der Waals surface area contributed by atoms with E-state index in [4.69, 9.17) is 14.4 Å². The summed E-state index contributed by atoms with van der Waals surface area (Å²) in [5.41, 5.74) is 4.47. The van der Waals surface area contributed by atoms with E-state index in [9.17, 15) is 0 Å². The summed E-state index contributed by atoms with van der Waals surface area (Å²) in [7, 11) is -2.71. The molecule has 212 valence electrons. The molecule has 3 heterocycles. The maximum Gasteiger partial charge on any atom is 0.197 e. The number of hydrogen-bond acceptors (Lipinski definition) is 3. The molecule has 0 bridgehead atoms. The van der Waals surface area contributed by atoms with E-state index >= 15 is 0 Å². The van der Waals surface area contributed by atoms with Crippen molar-refractivity contribution in [3.05, 3.63) is 164 Å². The van der Waals surface area contributed by atoms with Crippen molar-refractivity contribution in [3.63, 3.8) is 0 Å².